The van der Waals surface area contributed by atoms with E-state index in [1.54, 1.807) is 23.0 Å². The highest BCUT2D eigenvalue weighted by molar-refractivity contribution is 6.30. The fourth-order valence-electron chi connectivity index (χ4n) is 1.97. The van der Waals surface area contributed by atoms with E-state index in [-0.39, 0.29) is 12.1 Å². The third-order valence-electron chi connectivity index (χ3n) is 2.94. The molecule has 5 nitrogen and oxygen atoms in total. The van der Waals surface area contributed by atoms with Gasteiger partial charge in [0.2, 0.25) is 0 Å². The fourth-order valence-corrected chi connectivity index (χ4v) is 2.15. The van der Waals surface area contributed by atoms with Crippen LogP contribution in [0.15, 0.2) is 36.5 Å². The van der Waals surface area contributed by atoms with Crippen molar-refractivity contribution in [3.8, 4) is 5.75 Å². The average Bonchev–Trinajstić information content (AvgIpc) is 2.77. The lowest BCUT2D eigenvalue weighted by atomic mass is 10.1. The van der Waals surface area contributed by atoms with E-state index in [0.717, 1.165) is 5.69 Å². The highest BCUT2D eigenvalue weighted by atomic mass is 35.5. The van der Waals surface area contributed by atoms with Gasteiger partial charge in [-0.2, -0.15) is 5.10 Å². The number of hydrogen-bond acceptors (Lipinski definition) is 4. The topological polar surface area (TPSA) is 65.1 Å². The Morgan fingerprint density at radius 2 is 2.21 bits per heavy atom. The molecule has 19 heavy (non-hydrogen) atoms. The molecule has 0 aliphatic rings. The van der Waals surface area contributed by atoms with Gasteiger partial charge >= 0.3 is 0 Å². The number of ether oxygens (including phenoxy) is 1. The van der Waals surface area contributed by atoms with Crippen molar-refractivity contribution in [2.75, 3.05) is 0 Å². The van der Waals surface area contributed by atoms with Gasteiger partial charge in [0.15, 0.2) is 0 Å². The molecule has 0 bridgehead atoms. The Morgan fingerprint density at radius 1 is 1.42 bits per heavy atom. The van der Waals surface area contributed by atoms with Gasteiger partial charge in [0.05, 0.1) is 11.7 Å². The molecule has 102 valence electrons. The van der Waals surface area contributed by atoms with E-state index in [9.17, 15) is 0 Å². The lowest BCUT2D eigenvalue weighted by Gasteiger charge is -2.24. The number of nitrogens with zero attached hydrogens (tertiary/aromatic N) is 2. The highest BCUT2D eigenvalue weighted by Crippen LogP contribution is 2.23. The van der Waals surface area contributed by atoms with Gasteiger partial charge in [0, 0.05) is 18.3 Å². The predicted molar refractivity (Wildman–Crippen MR) is 74.8 cm³/mol. The zero-order valence-electron chi connectivity index (χ0n) is 10.9. The summed E-state index contributed by atoms with van der Waals surface area (Å²) in [5.41, 5.74) is 3.72. The van der Waals surface area contributed by atoms with Crippen molar-refractivity contribution < 1.29 is 4.74 Å². The van der Waals surface area contributed by atoms with Crippen LogP contribution in [0.3, 0.4) is 0 Å². The first-order valence-electron chi connectivity index (χ1n) is 5.98. The molecule has 0 aliphatic carbocycles. The first-order chi connectivity index (χ1) is 9.11. The van der Waals surface area contributed by atoms with Gasteiger partial charge in [-0.15, -0.1) is 0 Å². The largest absolute Gasteiger partial charge is 0.489 e. The molecule has 0 fully saturated rings. The molecule has 3 N–H and O–H groups in total. The third kappa shape index (κ3) is 3.26. The van der Waals surface area contributed by atoms with E-state index in [2.05, 4.69) is 10.5 Å². The van der Waals surface area contributed by atoms with Gasteiger partial charge < -0.3 is 4.74 Å². The Bertz CT molecular complexity index is 543. The molecule has 2 unspecified atom stereocenters. The van der Waals surface area contributed by atoms with Crippen LogP contribution in [0.4, 0.5) is 0 Å². The summed E-state index contributed by atoms with van der Waals surface area (Å²) in [6.45, 7) is 1.94. The van der Waals surface area contributed by atoms with Crippen LogP contribution >= 0.6 is 11.6 Å². The SMILES string of the molecule is CC(Oc1cccc(Cl)c1)C(NN)c1ccnn1C. The Hall–Kier alpha value is -1.56. The Kier molecular flexibility index (Phi) is 4.42. The van der Waals surface area contributed by atoms with Crippen LogP contribution in [0.25, 0.3) is 0 Å². The summed E-state index contributed by atoms with van der Waals surface area (Å²) in [5.74, 6) is 6.33. The Balaban J connectivity index is 2.14. The molecule has 0 saturated carbocycles. The number of aryl methyl sites for hydroxylation is 1. The summed E-state index contributed by atoms with van der Waals surface area (Å²) in [5, 5.41) is 4.77. The number of rotatable bonds is 5. The second-order valence-electron chi connectivity index (χ2n) is 4.30. The second kappa shape index (κ2) is 6.06. The normalized spacial score (nSPS) is 14.1. The van der Waals surface area contributed by atoms with Crippen molar-refractivity contribution in [3.63, 3.8) is 0 Å². The summed E-state index contributed by atoms with van der Waals surface area (Å²) >= 11 is 5.93. The van der Waals surface area contributed by atoms with Crippen molar-refractivity contribution in [3.05, 3.63) is 47.2 Å². The summed E-state index contributed by atoms with van der Waals surface area (Å²) < 4.78 is 7.63. The summed E-state index contributed by atoms with van der Waals surface area (Å²) in [7, 11) is 1.87. The van der Waals surface area contributed by atoms with Crippen LogP contribution < -0.4 is 16.0 Å². The number of aromatic nitrogens is 2. The molecular formula is C13H17ClN4O. The monoisotopic (exact) mass is 280 g/mol. The maximum absolute atomic E-state index is 5.93. The first kappa shape index (κ1) is 13.9. The second-order valence-corrected chi connectivity index (χ2v) is 4.74. The first-order valence-corrected chi connectivity index (χ1v) is 6.36. The number of hydrogen-bond donors (Lipinski definition) is 2. The third-order valence-corrected chi connectivity index (χ3v) is 3.18. The van der Waals surface area contributed by atoms with Gasteiger partial charge in [-0.25, -0.2) is 5.43 Å². The average molecular weight is 281 g/mol. The molecule has 1 aromatic heterocycles. The maximum atomic E-state index is 5.93. The van der Waals surface area contributed by atoms with E-state index in [0.29, 0.717) is 10.8 Å². The lowest BCUT2D eigenvalue weighted by Crippen LogP contribution is -2.39. The van der Waals surface area contributed by atoms with E-state index in [4.69, 9.17) is 22.2 Å². The number of nitrogens with two attached hydrogens (primary N) is 1. The van der Waals surface area contributed by atoms with Crippen molar-refractivity contribution in [2.24, 2.45) is 12.9 Å². The zero-order valence-corrected chi connectivity index (χ0v) is 11.6. The highest BCUT2D eigenvalue weighted by Gasteiger charge is 2.22. The number of halogens is 1. The molecule has 0 radical (unpaired) electrons. The molecule has 6 heteroatoms. The number of nitrogens with one attached hydrogen (secondary N) is 1. The van der Waals surface area contributed by atoms with Gasteiger partial charge in [0.25, 0.3) is 0 Å². The van der Waals surface area contributed by atoms with Gasteiger partial charge in [-0.05, 0) is 31.2 Å². The van der Waals surface area contributed by atoms with E-state index >= 15 is 0 Å². The predicted octanol–water partition coefficient (Wildman–Crippen LogP) is 2.05. The van der Waals surface area contributed by atoms with Gasteiger partial charge in [-0.3, -0.25) is 10.5 Å². The van der Waals surface area contributed by atoms with Crippen LogP contribution in [-0.2, 0) is 7.05 Å². The lowest BCUT2D eigenvalue weighted by molar-refractivity contribution is 0.166. The molecule has 0 saturated heterocycles. The van der Waals surface area contributed by atoms with Crippen LogP contribution in [-0.4, -0.2) is 15.9 Å². The maximum Gasteiger partial charge on any atom is 0.121 e. The standard InChI is InChI=1S/C13H17ClN4O/c1-9(19-11-5-3-4-10(14)8-11)13(17-15)12-6-7-16-18(12)2/h3-9,13,17H,15H2,1-2H3. The Labute approximate surface area is 117 Å². The minimum atomic E-state index is -0.168. The van der Waals surface area contributed by atoms with Crippen molar-refractivity contribution in [1.29, 1.82) is 0 Å². The minimum absolute atomic E-state index is 0.161. The van der Waals surface area contributed by atoms with Crippen molar-refractivity contribution in [2.45, 2.75) is 19.1 Å². The summed E-state index contributed by atoms with van der Waals surface area (Å²) in [6, 6.07) is 9.03. The summed E-state index contributed by atoms with van der Waals surface area (Å²) in [6.07, 6.45) is 1.56. The quantitative estimate of drug-likeness (QED) is 0.650. The van der Waals surface area contributed by atoms with Crippen LogP contribution in [0.2, 0.25) is 5.02 Å². The molecule has 0 aliphatic heterocycles. The van der Waals surface area contributed by atoms with Gasteiger partial charge in [0.1, 0.15) is 11.9 Å². The van der Waals surface area contributed by atoms with Crippen LogP contribution in [0, 0.1) is 0 Å². The number of benzene rings is 1. The number of hydrazine groups is 1. The molecule has 2 aromatic rings. The molecule has 0 amide bonds. The summed E-state index contributed by atoms with van der Waals surface area (Å²) in [4.78, 5) is 0. The van der Waals surface area contributed by atoms with E-state index in [1.807, 2.05) is 32.2 Å². The van der Waals surface area contributed by atoms with Crippen molar-refractivity contribution >= 4 is 11.6 Å². The molecular weight excluding hydrogens is 264 g/mol. The minimum Gasteiger partial charge on any atom is -0.489 e. The van der Waals surface area contributed by atoms with Gasteiger partial charge in [-0.1, -0.05) is 17.7 Å². The fraction of sp³-hybridized carbons (Fsp3) is 0.308. The molecule has 2 atom stereocenters. The smallest absolute Gasteiger partial charge is 0.121 e. The van der Waals surface area contributed by atoms with Crippen LogP contribution in [0.5, 0.6) is 5.75 Å². The molecule has 1 aromatic carbocycles. The Morgan fingerprint density at radius 3 is 2.79 bits per heavy atom. The van der Waals surface area contributed by atoms with Crippen LogP contribution in [0.1, 0.15) is 18.7 Å². The molecule has 0 spiro atoms. The molecule has 1 heterocycles. The molecule has 2 rings (SSSR count). The van der Waals surface area contributed by atoms with Crippen molar-refractivity contribution in [1.82, 2.24) is 15.2 Å². The van der Waals surface area contributed by atoms with E-state index in [1.165, 1.54) is 0 Å². The van der Waals surface area contributed by atoms with E-state index < -0.39 is 0 Å². The zero-order chi connectivity index (χ0) is 13.8.